The summed E-state index contributed by atoms with van der Waals surface area (Å²) < 4.78 is 11.6. The van der Waals surface area contributed by atoms with Crippen LogP contribution >= 0.6 is 0 Å². The van der Waals surface area contributed by atoms with E-state index in [9.17, 15) is 4.79 Å². The second-order valence-corrected chi connectivity index (χ2v) is 8.50. The van der Waals surface area contributed by atoms with E-state index in [2.05, 4.69) is 24.3 Å². The van der Waals surface area contributed by atoms with Crippen LogP contribution in [0.5, 0.6) is 5.75 Å². The molecule has 0 bridgehead atoms. The van der Waals surface area contributed by atoms with Crippen LogP contribution in [0.4, 0.5) is 4.79 Å². The smallest absolute Gasteiger partial charge is 0.410 e. The van der Waals surface area contributed by atoms with Crippen LogP contribution in [0.15, 0.2) is 54.6 Å². The van der Waals surface area contributed by atoms with Gasteiger partial charge in [-0.15, -0.1) is 0 Å². The molecular weight excluding hydrogens is 350 g/mol. The summed E-state index contributed by atoms with van der Waals surface area (Å²) in [4.78, 5) is 14.1. The first-order chi connectivity index (χ1) is 13.4. The fourth-order valence-electron chi connectivity index (χ4n) is 3.51. The van der Waals surface area contributed by atoms with Gasteiger partial charge in [-0.1, -0.05) is 48.5 Å². The van der Waals surface area contributed by atoms with Gasteiger partial charge in [0.15, 0.2) is 0 Å². The number of benzene rings is 2. The third kappa shape index (κ3) is 6.01. The normalized spacial score (nSPS) is 15.3. The van der Waals surface area contributed by atoms with E-state index >= 15 is 0 Å². The molecule has 2 aromatic carbocycles. The molecule has 1 amide bonds. The molecule has 0 saturated carbocycles. The van der Waals surface area contributed by atoms with E-state index in [0.717, 1.165) is 38.1 Å². The van der Waals surface area contributed by atoms with E-state index in [1.54, 1.807) is 0 Å². The second kappa shape index (κ2) is 9.13. The van der Waals surface area contributed by atoms with Crippen molar-refractivity contribution in [3.8, 4) is 5.75 Å². The van der Waals surface area contributed by atoms with Gasteiger partial charge in [0.1, 0.15) is 18.0 Å². The minimum atomic E-state index is -0.442. The number of para-hydroxylation sites is 1. The van der Waals surface area contributed by atoms with Gasteiger partial charge in [0.05, 0.1) is 0 Å². The Labute approximate surface area is 168 Å². The topological polar surface area (TPSA) is 38.8 Å². The van der Waals surface area contributed by atoms with Crippen molar-refractivity contribution in [2.75, 3.05) is 13.1 Å². The lowest BCUT2D eigenvalue weighted by Gasteiger charge is -2.33. The van der Waals surface area contributed by atoms with Crippen molar-refractivity contribution in [2.24, 2.45) is 5.92 Å². The Balaban J connectivity index is 1.53. The lowest BCUT2D eigenvalue weighted by molar-refractivity contribution is 0.0184. The number of ether oxygens (including phenoxy) is 2. The molecule has 0 N–H and O–H groups in total. The van der Waals surface area contributed by atoms with E-state index < -0.39 is 5.60 Å². The SMILES string of the molecule is CC(C)(C)OC(=O)N1CCC(Cc2ccccc2OCc2ccccc2)CC1. The standard InChI is InChI=1S/C24H31NO3/c1-24(2,3)28-23(26)25-15-13-19(14-16-25)17-21-11-7-8-12-22(21)27-18-20-9-5-4-6-10-20/h4-12,19H,13-18H2,1-3H3. The van der Waals surface area contributed by atoms with Crippen molar-refractivity contribution in [3.05, 3.63) is 65.7 Å². The molecular formula is C24H31NO3. The molecule has 150 valence electrons. The molecule has 1 heterocycles. The van der Waals surface area contributed by atoms with Gasteiger partial charge in [-0.05, 0) is 63.1 Å². The summed E-state index contributed by atoms with van der Waals surface area (Å²) in [6.45, 7) is 7.81. The highest BCUT2D eigenvalue weighted by Crippen LogP contribution is 2.28. The molecule has 1 saturated heterocycles. The molecule has 2 aromatic rings. The van der Waals surface area contributed by atoms with Crippen LogP contribution in [-0.2, 0) is 17.8 Å². The van der Waals surface area contributed by atoms with Gasteiger partial charge in [0.25, 0.3) is 0 Å². The van der Waals surface area contributed by atoms with E-state index in [-0.39, 0.29) is 6.09 Å². The molecule has 0 aliphatic carbocycles. The van der Waals surface area contributed by atoms with Crippen LogP contribution in [0.25, 0.3) is 0 Å². The molecule has 28 heavy (non-hydrogen) atoms. The van der Waals surface area contributed by atoms with Crippen molar-refractivity contribution in [1.82, 2.24) is 4.90 Å². The highest BCUT2D eigenvalue weighted by molar-refractivity contribution is 5.68. The van der Waals surface area contributed by atoms with Crippen LogP contribution in [0, 0.1) is 5.92 Å². The summed E-state index contributed by atoms with van der Waals surface area (Å²) in [5.74, 6) is 1.51. The zero-order valence-corrected chi connectivity index (χ0v) is 17.2. The molecule has 3 rings (SSSR count). The number of rotatable bonds is 5. The number of hydrogen-bond acceptors (Lipinski definition) is 3. The van der Waals surface area contributed by atoms with Gasteiger partial charge in [-0.3, -0.25) is 0 Å². The number of carbonyl (C=O) groups excluding carboxylic acids is 1. The number of carbonyl (C=O) groups is 1. The molecule has 1 aliphatic rings. The third-order valence-electron chi connectivity index (χ3n) is 4.98. The monoisotopic (exact) mass is 381 g/mol. The Morgan fingerprint density at radius 3 is 2.32 bits per heavy atom. The van der Waals surface area contributed by atoms with E-state index in [4.69, 9.17) is 9.47 Å². The molecule has 0 radical (unpaired) electrons. The lowest BCUT2D eigenvalue weighted by atomic mass is 9.90. The summed E-state index contributed by atoms with van der Waals surface area (Å²) in [6, 6.07) is 18.5. The first kappa shape index (κ1) is 20.2. The Hall–Kier alpha value is -2.49. The molecule has 0 atom stereocenters. The summed E-state index contributed by atoms with van der Waals surface area (Å²) >= 11 is 0. The van der Waals surface area contributed by atoms with Gasteiger partial charge < -0.3 is 14.4 Å². The summed E-state index contributed by atoms with van der Waals surface area (Å²) in [5, 5.41) is 0. The van der Waals surface area contributed by atoms with Crippen molar-refractivity contribution >= 4 is 6.09 Å². The van der Waals surface area contributed by atoms with Crippen LogP contribution in [0.2, 0.25) is 0 Å². The average Bonchev–Trinajstić information content (AvgIpc) is 2.67. The average molecular weight is 382 g/mol. The second-order valence-electron chi connectivity index (χ2n) is 8.50. The fourth-order valence-corrected chi connectivity index (χ4v) is 3.51. The van der Waals surface area contributed by atoms with Crippen LogP contribution < -0.4 is 4.74 Å². The van der Waals surface area contributed by atoms with E-state index in [1.807, 2.05) is 56.0 Å². The minimum Gasteiger partial charge on any atom is -0.489 e. The van der Waals surface area contributed by atoms with Gasteiger partial charge >= 0.3 is 6.09 Å². The Bertz CT molecular complexity index is 759. The molecule has 1 fully saturated rings. The van der Waals surface area contributed by atoms with Crippen LogP contribution in [0.3, 0.4) is 0 Å². The van der Waals surface area contributed by atoms with Gasteiger partial charge in [0, 0.05) is 13.1 Å². The van der Waals surface area contributed by atoms with Gasteiger partial charge in [-0.25, -0.2) is 4.79 Å². The minimum absolute atomic E-state index is 0.197. The maximum Gasteiger partial charge on any atom is 0.410 e. The number of likely N-dealkylation sites (tertiary alicyclic amines) is 1. The summed E-state index contributed by atoms with van der Waals surface area (Å²) in [7, 11) is 0. The van der Waals surface area contributed by atoms with Crippen molar-refractivity contribution in [1.29, 1.82) is 0 Å². The van der Waals surface area contributed by atoms with E-state index in [0.29, 0.717) is 12.5 Å². The highest BCUT2D eigenvalue weighted by atomic mass is 16.6. The number of piperidine rings is 1. The Kier molecular flexibility index (Phi) is 6.61. The number of hydrogen-bond donors (Lipinski definition) is 0. The molecule has 0 aromatic heterocycles. The zero-order chi connectivity index (χ0) is 20.0. The molecule has 4 heteroatoms. The molecule has 0 unspecified atom stereocenters. The number of amides is 1. The zero-order valence-electron chi connectivity index (χ0n) is 17.2. The van der Waals surface area contributed by atoms with Crippen molar-refractivity contribution in [3.63, 3.8) is 0 Å². The Morgan fingerprint density at radius 1 is 1.00 bits per heavy atom. The summed E-state index contributed by atoms with van der Waals surface area (Å²) in [5.41, 5.74) is 1.97. The van der Waals surface area contributed by atoms with Gasteiger partial charge in [0.2, 0.25) is 0 Å². The predicted octanol–water partition coefficient (Wildman–Crippen LogP) is 5.46. The molecule has 4 nitrogen and oxygen atoms in total. The molecule has 1 aliphatic heterocycles. The first-order valence-corrected chi connectivity index (χ1v) is 10.1. The van der Waals surface area contributed by atoms with Crippen molar-refractivity contribution in [2.45, 2.75) is 52.2 Å². The third-order valence-corrected chi connectivity index (χ3v) is 4.98. The first-order valence-electron chi connectivity index (χ1n) is 10.1. The van der Waals surface area contributed by atoms with Gasteiger partial charge in [-0.2, -0.15) is 0 Å². The fraction of sp³-hybridized carbons (Fsp3) is 0.458. The van der Waals surface area contributed by atoms with E-state index in [1.165, 1.54) is 11.1 Å². The largest absolute Gasteiger partial charge is 0.489 e. The maximum atomic E-state index is 12.2. The van der Waals surface area contributed by atoms with Crippen LogP contribution in [-0.4, -0.2) is 29.7 Å². The quantitative estimate of drug-likeness (QED) is 0.691. The lowest BCUT2D eigenvalue weighted by Crippen LogP contribution is -2.42. The van der Waals surface area contributed by atoms with Crippen LogP contribution in [0.1, 0.15) is 44.7 Å². The Morgan fingerprint density at radius 2 is 1.64 bits per heavy atom. The highest BCUT2D eigenvalue weighted by Gasteiger charge is 2.27. The number of nitrogens with zero attached hydrogens (tertiary/aromatic N) is 1. The predicted molar refractivity (Wildman–Crippen MR) is 111 cm³/mol. The summed E-state index contributed by atoms with van der Waals surface area (Å²) in [6.07, 6.45) is 2.77. The maximum absolute atomic E-state index is 12.2. The molecule has 0 spiro atoms. The van der Waals surface area contributed by atoms with Crippen molar-refractivity contribution < 1.29 is 14.3 Å².